The van der Waals surface area contributed by atoms with Gasteiger partial charge in [-0.05, 0) is 69.1 Å². The quantitative estimate of drug-likeness (QED) is 0.393. The highest BCUT2D eigenvalue weighted by atomic mass is 16.5. The molecule has 3 heterocycles. The standard InChI is InChI=1S/C27H39N7O3/c1-15-10-12-17(13-11-15)14-34-20-22(28-16(2)18-8-5-9-18)29-24(25-32-27(36)37-33-25)30-23(20)31-26(34)21(35)19-6-3-4-7-19/h15-19,21,35H,3-14H2,1-2H3,(H,28,29,30)(H,32,33,36)/t15-,16-,17-,21?/m1/s1. The molecule has 0 saturated heterocycles. The van der Waals surface area contributed by atoms with Gasteiger partial charge in [-0.2, -0.15) is 0 Å². The average Bonchev–Trinajstić information content (AvgIpc) is 3.59. The fourth-order valence-electron chi connectivity index (χ4n) is 6.52. The van der Waals surface area contributed by atoms with Gasteiger partial charge in [-0.1, -0.05) is 44.2 Å². The second kappa shape index (κ2) is 10.2. The molecule has 3 aromatic heterocycles. The minimum atomic E-state index is -0.648. The molecule has 3 N–H and O–H groups in total. The van der Waals surface area contributed by atoms with E-state index in [9.17, 15) is 9.90 Å². The van der Waals surface area contributed by atoms with Gasteiger partial charge in [-0.25, -0.2) is 19.7 Å². The number of imidazole rings is 1. The normalized spacial score (nSPS) is 24.8. The Morgan fingerprint density at radius 1 is 1.03 bits per heavy atom. The third kappa shape index (κ3) is 4.92. The Morgan fingerprint density at radius 3 is 2.41 bits per heavy atom. The monoisotopic (exact) mass is 509 g/mol. The van der Waals surface area contributed by atoms with E-state index >= 15 is 0 Å². The van der Waals surface area contributed by atoms with Crippen molar-refractivity contribution < 1.29 is 9.63 Å². The maximum absolute atomic E-state index is 11.7. The molecule has 2 atom stereocenters. The van der Waals surface area contributed by atoms with Gasteiger partial charge in [0.05, 0.1) is 0 Å². The molecule has 3 aliphatic carbocycles. The minimum Gasteiger partial charge on any atom is -0.385 e. The van der Waals surface area contributed by atoms with Crippen molar-refractivity contribution in [3.05, 3.63) is 16.4 Å². The summed E-state index contributed by atoms with van der Waals surface area (Å²) in [5.74, 6) is 3.29. The maximum atomic E-state index is 11.7. The predicted molar refractivity (Wildman–Crippen MR) is 140 cm³/mol. The van der Waals surface area contributed by atoms with Crippen molar-refractivity contribution in [1.82, 2.24) is 29.7 Å². The molecular formula is C27H39N7O3. The summed E-state index contributed by atoms with van der Waals surface area (Å²) in [7, 11) is 0. The fraction of sp³-hybridized carbons (Fsp3) is 0.741. The summed E-state index contributed by atoms with van der Waals surface area (Å²) < 4.78 is 6.95. The molecule has 3 aromatic rings. The van der Waals surface area contributed by atoms with Crippen LogP contribution in [0.4, 0.5) is 5.82 Å². The first kappa shape index (κ1) is 24.6. The zero-order valence-corrected chi connectivity index (χ0v) is 21.9. The van der Waals surface area contributed by atoms with E-state index in [2.05, 4.69) is 33.9 Å². The van der Waals surface area contributed by atoms with E-state index in [0.29, 0.717) is 29.1 Å². The van der Waals surface area contributed by atoms with Crippen LogP contribution in [0.5, 0.6) is 0 Å². The van der Waals surface area contributed by atoms with Crippen LogP contribution in [0.2, 0.25) is 0 Å². The van der Waals surface area contributed by atoms with E-state index < -0.39 is 11.9 Å². The van der Waals surface area contributed by atoms with Crippen molar-refractivity contribution >= 4 is 17.0 Å². The molecule has 3 aliphatic rings. The summed E-state index contributed by atoms with van der Waals surface area (Å²) in [5.41, 5.74) is 1.36. The molecule has 37 heavy (non-hydrogen) atoms. The average molecular weight is 510 g/mol. The molecular weight excluding hydrogens is 470 g/mol. The van der Waals surface area contributed by atoms with Crippen LogP contribution >= 0.6 is 0 Å². The summed E-state index contributed by atoms with van der Waals surface area (Å²) in [4.78, 5) is 28.7. The van der Waals surface area contributed by atoms with E-state index in [4.69, 9.17) is 19.5 Å². The maximum Gasteiger partial charge on any atom is 0.439 e. The number of hydrogen-bond donors (Lipinski definition) is 3. The third-order valence-corrected chi connectivity index (χ3v) is 9.19. The highest BCUT2D eigenvalue weighted by molar-refractivity contribution is 5.85. The molecule has 0 bridgehead atoms. The van der Waals surface area contributed by atoms with Gasteiger partial charge in [0.1, 0.15) is 17.4 Å². The summed E-state index contributed by atoms with van der Waals surface area (Å²) in [5, 5.41) is 19.0. The molecule has 6 rings (SSSR count). The van der Waals surface area contributed by atoms with Gasteiger partial charge in [0.25, 0.3) is 0 Å². The number of nitrogens with one attached hydrogen (secondary N) is 2. The number of H-pyrrole nitrogens is 1. The molecule has 0 amide bonds. The SMILES string of the molecule is C[C@@H](Nc1nc(-c2noc(=O)[nH]2)nc2nc(C(O)C3CCCC3)n(C[C@H]3CC[C@H](C)CC3)c12)C1CCC1. The lowest BCUT2D eigenvalue weighted by atomic mass is 9.80. The van der Waals surface area contributed by atoms with Crippen molar-refractivity contribution in [2.24, 2.45) is 23.7 Å². The molecule has 200 valence electrons. The van der Waals surface area contributed by atoms with Gasteiger partial charge in [0, 0.05) is 12.6 Å². The minimum absolute atomic E-state index is 0.181. The van der Waals surface area contributed by atoms with Crippen LogP contribution in [0, 0.1) is 23.7 Å². The lowest BCUT2D eigenvalue weighted by molar-refractivity contribution is 0.0975. The third-order valence-electron chi connectivity index (χ3n) is 9.19. The largest absolute Gasteiger partial charge is 0.439 e. The Labute approximate surface area is 216 Å². The zero-order valence-electron chi connectivity index (χ0n) is 21.9. The highest BCUT2D eigenvalue weighted by Gasteiger charge is 2.33. The smallest absolute Gasteiger partial charge is 0.385 e. The summed E-state index contributed by atoms with van der Waals surface area (Å²) in [6.45, 7) is 5.34. The second-order valence-electron chi connectivity index (χ2n) is 11.8. The van der Waals surface area contributed by atoms with Crippen molar-refractivity contribution in [3.63, 3.8) is 0 Å². The first-order valence-corrected chi connectivity index (χ1v) is 14.3. The van der Waals surface area contributed by atoms with Crippen LogP contribution in [0.1, 0.15) is 96.4 Å². The molecule has 3 saturated carbocycles. The van der Waals surface area contributed by atoms with Crippen LogP contribution in [-0.2, 0) is 6.54 Å². The van der Waals surface area contributed by atoms with Crippen LogP contribution in [0.3, 0.4) is 0 Å². The number of aromatic nitrogens is 6. The molecule has 3 fully saturated rings. The van der Waals surface area contributed by atoms with Crippen molar-refractivity contribution in [3.8, 4) is 11.6 Å². The first-order chi connectivity index (χ1) is 18.0. The van der Waals surface area contributed by atoms with E-state index in [1.165, 1.54) is 44.9 Å². The topological polar surface area (TPSA) is 135 Å². The second-order valence-corrected chi connectivity index (χ2v) is 11.8. The van der Waals surface area contributed by atoms with Crippen molar-refractivity contribution in [1.29, 1.82) is 0 Å². The summed E-state index contributed by atoms with van der Waals surface area (Å²) >= 11 is 0. The lowest BCUT2D eigenvalue weighted by Gasteiger charge is -2.32. The van der Waals surface area contributed by atoms with E-state index in [0.717, 1.165) is 43.7 Å². The molecule has 0 radical (unpaired) electrons. The number of nitrogens with zero attached hydrogens (tertiary/aromatic N) is 5. The Morgan fingerprint density at radius 2 is 1.76 bits per heavy atom. The number of aliphatic hydroxyl groups is 1. The van der Waals surface area contributed by atoms with Crippen LogP contribution in [0.15, 0.2) is 9.32 Å². The zero-order chi connectivity index (χ0) is 25.5. The molecule has 0 spiro atoms. The van der Waals surface area contributed by atoms with Crippen LogP contribution < -0.4 is 11.1 Å². The Bertz CT molecular complexity index is 1280. The first-order valence-electron chi connectivity index (χ1n) is 14.3. The summed E-state index contributed by atoms with van der Waals surface area (Å²) in [6, 6.07) is 0.234. The number of anilines is 1. The molecule has 0 aliphatic heterocycles. The van der Waals surface area contributed by atoms with E-state index in [1.807, 2.05) is 0 Å². The van der Waals surface area contributed by atoms with Crippen molar-refractivity contribution in [2.45, 2.75) is 103 Å². The van der Waals surface area contributed by atoms with Gasteiger partial charge in [-0.3, -0.25) is 9.51 Å². The van der Waals surface area contributed by atoms with Gasteiger partial charge in [-0.15, -0.1) is 0 Å². The van der Waals surface area contributed by atoms with E-state index in [1.54, 1.807) is 0 Å². The Kier molecular flexibility index (Phi) is 6.77. The Balaban J connectivity index is 1.47. The van der Waals surface area contributed by atoms with Gasteiger partial charge < -0.3 is 15.0 Å². The molecule has 0 aromatic carbocycles. The number of aliphatic hydroxyl groups excluding tert-OH is 1. The van der Waals surface area contributed by atoms with Crippen LogP contribution in [0.25, 0.3) is 22.8 Å². The van der Waals surface area contributed by atoms with Crippen LogP contribution in [-0.4, -0.2) is 40.8 Å². The lowest BCUT2D eigenvalue weighted by Crippen LogP contribution is -2.31. The van der Waals surface area contributed by atoms with Crippen molar-refractivity contribution in [2.75, 3.05) is 5.32 Å². The van der Waals surface area contributed by atoms with Gasteiger partial charge >= 0.3 is 5.76 Å². The molecule has 10 heteroatoms. The number of fused-ring (bicyclic) bond motifs is 1. The number of aromatic amines is 1. The molecule has 10 nitrogen and oxygen atoms in total. The van der Waals surface area contributed by atoms with Gasteiger partial charge in [0.15, 0.2) is 11.5 Å². The Hall–Kier alpha value is -2.75. The fourth-order valence-corrected chi connectivity index (χ4v) is 6.52. The summed E-state index contributed by atoms with van der Waals surface area (Å²) in [6.07, 6.45) is 12.2. The van der Waals surface area contributed by atoms with Gasteiger partial charge in [0.2, 0.25) is 11.6 Å². The van der Waals surface area contributed by atoms with E-state index in [-0.39, 0.29) is 23.6 Å². The predicted octanol–water partition coefficient (Wildman–Crippen LogP) is 4.82. The molecule has 1 unspecified atom stereocenters. The highest BCUT2D eigenvalue weighted by Crippen LogP contribution is 2.39. The number of hydrogen-bond acceptors (Lipinski definition) is 8. The number of rotatable bonds is 8.